The van der Waals surface area contributed by atoms with Gasteiger partial charge in [-0.3, -0.25) is 0 Å². The minimum atomic E-state index is 0.234. The normalized spacial score (nSPS) is 9.90. The maximum atomic E-state index is 9.06. The maximum absolute atomic E-state index is 9.06. The van der Waals surface area contributed by atoms with Gasteiger partial charge in [0.25, 0.3) is 0 Å². The fourth-order valence-electron chi connectivity index (χ4n) is 1.72. The summed E-state index contributed by atoms with van der Waals surface area (Å²) in [6.07, 6.45) is 2.65. The molecular formula is C16H17N3O2. The van der Waals surface area contributed by atoms with Crippen LogP contribution in [0.3, 0.4) is 0 Å². The minimum absolute atomic E-state index is 0.234. The smallest absolute Gasteiger partial charge is 0.232 e. The van der Waals surface area contributed by atoms with Crippen molar-refractivity contribution < 1.29 is 9.15 Å². The number of nitrogens with zero attached hydrogens (tertiary/aromatic N) is 2. The van der Waals surface area contributed by atoms with Gasteiger partial charge in [0.05, 0.1) is 6.61 Å². The summed E-state index contributed by atoms with van der Waals surface area (Å²) in [7, 11) is 0. The van der Waals surface area contributed by atoms with Crippen LogP contribution in [0.1, 0.15) is 19.0 Å². The number of nitriles is 1. The summed E-state index contributed by atoms with van der Waals surface area (Å²) in [5.41, 5.74) is 1.03. The summed E-state index contributed by atoms with van der Waals surface area (Å²) < 4.78 is 11.1. The fraction of sp³-hybridized carbons (Fsp3) is 0.250. The van der Waals surface area contributed by atoms with Crippen LogP contribution in [0.15, 0.2) is 41.3 Å². The molecule has 0 aliphatic carbocycles. The molecule has 0 spiro atoms. The zero-order valence-corrected chi connectivity index (χ0v) is 11.9. The third-order valence-electron chi connectivity index (χ3n) is 2.71. The number of rotatable bonds is 7. The zero-order chi connectivity index (χ0) is 15.1. The number of aromatic nitrogens is 1. The topological polar surface area (TPSA) is 71.1 Å². The lowest BCUT2D eigenvalue weighted by molar-refractivity contribution is 0.317. The lowest BCUT2D eigenvalue weighted by Crippen LogP contribution is -1.97. The van der Waals surface area contributed by atoms with Crippen molar-refractivity contribution in [2.24, 2.45) is 0 Å². The largest absolute Gasteiger partial charge is 0.494 e. The first kappa shape index (κ1) is 14.7. The van der Waals surface area contributed by atoms with Crippen molar-refractivity contribution in [2.45, 2.75) is 13.3 Å². The van der Waals surface area contributed by atoms with E-state index in [-0.39, 0.29) is 5.69 Å². The quantitative estimate of drug-likeness (QED) is 0.786. The lowest BCUT2D eigenvalue weighted by Gasteiger charge is -2.04. The first-order valence-corrected chi connectivity index (χ1v) is 6.77. The van der Waals surface area contributed by atoms with Gasteiger partial charge in [-0.15, -0.1) is 6.58 Å². The number of benzene rings is 1. The lowest BCUT2D eigenvalue weighted by atomic mass is 10.2. The molecule has 5 nitrogen and oxygen atoms in total. The van der Waals surface area contributed by atoms with Gasteiger partial charge >= 0.3 is 0 Å². The van der Waals surface area contributed by atoms with Gasteiger partial charge in [0.2, 0.25) is 17.5 Å². The molecule has 21 heavy (non-hydrogen) atoms. The summed E-state index contributed by atoms with van der Waals surface area (Å²) in [6, 6.07) is 9.44. The van der Waals surface area contributed by atoms with Gasteiger partial charge in [-0.05, 0) is 30.7 Å². The Morgan fingerprint density at radius 1 is 1.43 bits per heavy atom. The summed E-state index contributed by atoms with van der Waals surface area (Å²) in [5, 5.41) is 12.0. The number of nitrogens with one attached hydrogen (secondary N) is 1. The Morgan fingerprint density at radius 2 is 2.19 bits per heavy atom. The standard InChI is InChI=1S/C16H17N3O2/c1-3-9-18-16-14(11-17)19-15(21-16)12-5-7-13(8-6-12)20-10-4-2/h3,5-8,18H,1,4,9-10H2,2H3. The molecule has 0 fully saturated rings. The summed E-state index contributed by atoms with van der Waals surface area (Å²) >= 11 is 0. The third-order valence-corrected chi connectivity index (χ3v) is 2.71. The molecule has 0 bridgehead atoms. The zero-order valence-electron chi connectivity index (χ0n) is 11.9. The average molecular weight is 283 g/mol. The van der Waals surface area contributed by atoms with Crippen LogP contribution in [0.25, 0.3) is 11.5 Å². The molecule has 0 saturated heterocycles. The van der Waals surface area contributed by atoms with E-state index >= 15 is 0 Å². The summed E-state index contributed by atoms with van der Waals surface area (Å²) in [4.78, 5) is 4.18. The van der Waals surface area contributed by atoms with Crippen molar-refractivity contribution in [3.8, 4) is 23.3 Å². The van der Waals surface area contributed by atoms with E-state index in [4.69, 9.17) is 14.4 Å². The molecule has 1 aromatic carbocycles. The molecule has 2 rings (SSSR count). The first-order chi connectivity index (χ1) is 10.3. The van der Waals surface area contributed by atoms with Crippen LogP contribution < -0.4 is 10.1 Å². The number of hydrogen-bond acceptors (Lipinski definition) is 5. The highest BCUT2D eigenvalue weighted by molar-refractivity contribution is 5.59. The Morgan fingerprint density at radius 3 is 2.81 bits per heavy atom. The SMILES string of the molecule is C=CCNc1oc(-c2ccc(OCCC)cc2)nc1C#N. The highest BCUT2D eigenvalue weighted by Gasteiger charge is 2.13. The van der Waals surface area contributed by atoms with Crippen LogP contribution >= 0.6 is 0 Å². The number of oxazole rings is 1. The predicted molar refractivity (Wildman–Crippen MR) is 81.1 cm³/mol. The van der Waals surface area contributed by atoms with Gasteiger partial charge < -0.3 is 14.5 Å². The van der Waals surface area contributed by atoms with Gasteiger partial charge in [0.1, 0.15) is 11.8 Å². The molecule has 5 heteroatoms. The predicted octanol–water partition coefficient (Wildman–Crippen LogP) is 3.60. The van der Waals surface area contributed by atoms with Gasteiger partial charge in [0, 0.05) is 12.1 Å². The fourth-order valence-corrected chi connectivity index (χ4v) is 1.72. The Bertz CT molecular complexity index is 639. The molecule has 0 atom stereocenters. The Balaban J connectivity index is 2.19. The summed E-state index contributed by atoms with van der Waals surface area (Å²) in [5.74, 6) is 1.57. The van der Waals surface area contributed by atoms with Crippen molar-refractivity contribution in [3.63, 3.8) is 0 Å². The second kappa shape index (κ2) is 7.15. The van der Waals surface area contributed by atoms with Crippen LogP contribution in [-0.4, -0.2) is 18.1 Å². The Labute approximate surface area is 123 Å². The Hall–Kier alpha value is -2.74. The molecule has 0 aliphatic rings. The van der Waals surface area contributed by atoms with E-state index in [0.717, 1.165) is 17.7 Å². The third kappa shape index (κ3) is 3.63. The van der Waals surface area contributed by atoms with Gasteiger partial charge in [-0.25, -0.2) is 0 Å². The maximum Gasteiger partial charge on any atom is 0.232 e. The molecule has 1 heterocycles. The summed E-state index contributed by atoms with van der Waals surface area (Å²) in [6.45, 7) is 6.86. The van der Waals surface area contributed by atoms with Crippen molar-refractivity contribution >= 4 is 5.88 Å². The highest BCUT2D eigenvalue weighted by Crippen LogP contribution is 2.26. The molecule has 108 valence electrons. The second-order valence-corrected chi connectivity index (χ2v) is 4.35. The molecule has 1 aromatic heterocycles. The van der Waals surface area contributed by atoms with E-state index in [0.29, 0.717) is 24.9 Å². The van der Waals surface area contributed by atoms with Gasteiger partial charge in [0.15, 0.2) is 0 Å². The minimum Gasteiger partial charge on any atom is -0.494 e. The van der Waals surface area contributed by atoms with Gasteiger partial charge in [-0.1, -0.05) is 13.0 Å². The molecule has 0 amide bonds. The molecule has 1 N–H and O–H groups in total. The Kier molecular flexibility index (Phi) is 4.99. The second-order valence-electron chi connectivity index (χ2n) is 4.35. The van der Waals surface area contributed by atoms with Crippen molar-refractivity contribution in [3.05, 3.63) is 42.6 Å². The average Bonchev–Trinajstić information content (AvgIpc) is 2.94. The van der Waals surface area contributed by atoms with E-state index < -0.39 is 0 Å². The van der Waals surface area contributed by atoms with Crippen molar-refractivity contribution in [2.75, 3.05) is 18.5 Å². The molecular weight excluding hydrogens is 266 g/mol. The van der Waals surface area contributed by atoms with E-state index in [1.807, 2.05) is 30.3 Å². The number of hydrogen-bond donors (Lipinski definition) is 1. The number of ether oxygens (including phenoxy) is 1. The van der Waals surface area contributed by atoms with Crippen molar-refractivity contribution in [1.82, 2.24) is 4.98 Å². The van der Waals surface area contributed by atoms with E-state index in [9.17, 15) is 0 Å². The molecule has 2 aromatic rings. The van der Waals surface area contributed by atoms with E-state index in [1.165, 1.54) is 0 Å². The van der Waals surface area contributed by atoms with Crippen LogP contribution in [0.4, 0.5) is 5.88 Å². The van der Waals surface area contributed by atoms with Crippen LogP contribution in [-0.2, 0) is 0 Å². The molecule has 0 saturated carbocycles. The molecule has 0 radical (unpaired) electrons. The molecule has 0 aliphatic heterocycles. The monoisotopic (exact) mass is 283 g/mol. The van der Waals surface area contributed by atoms with Gasteiger partial charge in [-0.2, -0.15) is 10.2 Å². The number of anilines is 1. The van der Waals surface area contributed by atoms with E-state index in [2.05, 4.69) is 23.8 Å². The van der Waals surface area contributed by atoms with Crippen LogP contribution in [0, 0.1) is 11.3 Å². The van der Waals surface area contributed by atoms with Crippen molar-refractivity contribution in [1.29, 1.82) is 5.26 Å². The van der Waals surface area contributed by atoms with E-state index in [1.54, 1.807) is 6.08 Å². The highest BCUT2D eigenvalue weighted by atomic mass is 16.5. The van der Waals surface area contributed by atoms with Crippen LogP contribution in [0.2, 0.25) is 0 Å². The first-order valence-electron chi connectivity index (χ1n) is 6.77. The van der Waals surface area contributed by atoms with Crippen LogP contribution in [0.5, 0.6) is 5.75 Å². The molecule has 0 unspecified atom stereocenters.